The van der Waals surface area contributed by atoms with E-state index in [0.717, 1.165) is 93.9 Å². The monoisotopic (exact) mass is 1250 g/mol. The smallest absolute Gasteiger partial charge is 0.235 e. The number of furan rings is 1. The fourth-order valence-corrected chi connectivity index (χ4v) is 15.2. The highest BCUT2D eigenvalue weighted by atomic mass is 16.3. The highest BCUT2D eigenvalue weighted by Crippen LogP contribution is 2.50. The molecule has 0 fully saturated rings. The third kappa shape index (κ3) is 9.34. The Morgan fingerprint density at radius 1 is 0.245 bits per heavy atom. The fourth-order valence-electron chi connectivity index (χ4n) is 15.2. The molecule has 0 bridgehead atoms. The van der Waals surface area contributed by atoms with Crippen molar-refractivity contribution in [2.75, 3.05) is 0 Å². The van der Waals surface area contributed by atoms with E-state index < -0.39 is 0 Å². The van der Waals surface area contributed by atoms with E-state index in [2.05, 4.69) is 308 Å². The van der Waals surface area contributed by atoms with Crippen molar-refractivity contribution in [2.45, 2.75) is 19.3 Å². The third-order valence-corrected chi connectivity index (χ3v) is 20.1. The van der Waals surface area contributed by atoms with E-state index in [1.54, 1.807) is 0 Å². The number of benzene rings is 14. The molecule has 0 unspecified atom stereocenters. The molecule has 1 aliphatic rings. The van der Waals surface area contributed by atoms with Crippen LogP contribution in [0.5, 0.6) is 0 Å². The molecule has 98 heavy (non-hydrogen) atoms. The van der Waals surface area contributed by atoms with Gasteiger partial charge in [-0.25, -0.2) is 19.9 Å². The zero-order chi connectivity index (χ0) is 65.0. The summed E-state index contributed by atoms with van der Waals surface area (Å²) in [4.78, 5) is 20.7. The van der Waals surface area contributed by atoms with Gasteiger partial charge < -0.3 is 4.42 Å². The summed E-state index contributed by atoms with van der Waals surface area (Å²) in [5.74, 6) is 1.34. The zero-order valence-electron chi connectivity index (χ0n) is 53.8. The number of hydrogen-bond acceptors (Lipinski definition) is 5. The van der Waals surface area contributed by atoms with E-state index in [1.807, 2.05) is 42.5 Å². The number of nitrogens with zero attached hydrogens (tertiary/aromatic N) is 6. The Bertz CT molecular complexity index is 6380. The first-order chi connectivity index (χ1) is 48.3. The summed E-state index contributed by atoms with van der Waals surface area (Å²) >= 11 is 0. The van der Waals surface area contributed by atoms with Crippen LogP contribution in [-0.4, -0.2) is 29.1 Å². The van der Waals surface area contributed by atoms with E-state index in [9.17, 15) is 0 Å². The van der Waals surface area contributed by atoms with Crippen molar-refractivity contribution < 1.29 is 4.42 Å². The third-order valence-electron chi connectivity index (χ3n) is 20.1. The molecule has 0 saturated carbocycles. The Balaban J connectivity index is 0.000000137. The van der Waals surface area contributed by atoms with Gasteiger partial charge in [0.2, 0.25) is 11.9 Å². The molecule has 20 rings (SSSR count). The molecule has 0 aliphatic heterocycles. The quantitative estimate of drug-likeness (QED) is 0.152. The predicted octanol–water partition coefficient (Wildman–Crippen LogP) is 23.7. The fraction of sp³-hybridized carbons (Fsp3) is 0.0330. The molecule has 1 aliphatic carbocycles. The molecular formula is C91H60N6O. The summed E-state index contributed by atoms with van der Waals surface area (Å²) in [6.45, 7) is 4.66. The normalized spacial score (nSPS) is 12.5. The Kier molecular flexibility index (Phi) is 13.1. The Morgan fingerprint density at radius 2 is 0.612 bits per heavy atom. The van der Waals surface area contributed by atoms with Gasteiger partial charge in [-0.2, -0.15) is 0 Å². The van der Waals surface area contributed by atoms with Gasteiger partial charge in [0.25, 0.3) is 0 Å². The molecule has 0 N–H and O–H groups in total. The van der Waals surface area contributed by atoms with Crippen molar-refractivity contribution in [3.8, 4) is 90.0 Å². The van der Waals surface area contributed by atoms with Gasteiger partial charge in [-0.1, -0.05) is 269 Å². The van der Waals surface area contributed by atoms with Gasteiger partial charge in [0, 0.05) is 59.6 Å². The minimum atomic E-state index is 0.0146. The van der Waals surface area contributed by atoms with Crippen molar-refractivity contribution in [1.29, 1.82) is 0 Å². The number of fused-ring (bicyclic) bond motifs is 14. The van der Waals surface area contributed by atoms with Gasteiger partial charge in [-0.3, -0.25) is 9.13 Å². The van der Waals surface area contributed by atoms with Crippen molar-refractivity contribution in [3.63, 3.8) is 0 Å². The lowest BCUT2D eigenvalue weighted by molar-refractivity contribution is 0.660. The first-order valence-corrected chi connectivity index (χ1v) is 33.4. The van der Waals surface area contributed by atoms with Crippen molar-refractivity contribution in [1.82, 2.24) is 29.1 Å². The number of rotatable bonds is 8. The maximum atomic E-state index is 6.05. The van der Waals surface area contributed by atoms with Crippen LogP contribution in [0.2, 0.25) is 0 Å². The molecule has 0 atom stereocenters. The molecule has 5 heterocycles. The van der Waals surface area contributed by atoms with Gasteiger partial charge >= 0.3 is 0 Å². The molecule has 0 radical (unpaired) electrons. The highest BCUT2D eigenvalue weighted by molar-refractivity contribution is 6.12. The molecule has 7 nitrogen and oxygen atoms in total. The Labute approximate surface area is 565 Å². The second kappa shape index (κ2) is 22.7. The van der Waals surface area contributed by atoms with Gasteiger partial charge in [0.15, 0.2) is 0 Å². The largest absolute Gasteiger partial charge is 0.456 e. The lowest BCUT2D eigenvalue weighted by atomic mass is 9.82. The minimum Gasteiger partial charge on any atom is -0.456 e. The van der Waals surface area contributed by atoms with E-state index >= 15 is 0 Å². The maximum Gasteiger partial charge on any atom is 0.235 e. The van der Waals surface area contributed by atoms with Crippen LogP contribution < -0.4 is 0 Å². The molecule has 460 valence electrons. The number of para-hydroxylation sites is 5. The zero-order valence-corrected chi connectivity index (χ0v) is 53.8. The van der Waals surface area contributed by atoms with E-state index in [-0.39, 0.29) is 5.41 Å². The molecule has 14 aromatic carbocycles. The summed E-state index contributed by atoms with van der Waals surface area (Å²) in [5.41, 5.74) is 27.0. The summed E-state index contributed by atoms with van der Waals surface area (Å²) < 4.78 is 10.5. The van der Waals surface area contributed by atoms with Gasteiger partial charge in [-0.15, -0.1) is 0 Å². The first-order valence-electron chi connectivity index (χ1n) is 33.4. The summed E-state index contributed by atoms with van der Waals surface area (Å²) in [6.07, 6.45) is 0. The second-order valence-electron chi connectivity index (χ2n) is 26.1. The van der Waals surface area contributed by atoms with E-state index in [0.29, 0.717) is 11.9 Å². The van der Waals surface area contributed by atoms with Crippen LogP contribution in [0.15, 0.2) is 332 Å². The molecule has 7 heteroatoms. The van der Waals surface area contributed by atoms with Crippen LogP contribution in [0, 0.1) is 0 Å². The lowest BCUT2D eigenvalue weighted by Gasteiger charge is -2.21. The molecular weight excluding hydrogens is 1190 g/mol. The molecule has 0 spiro atoms. The van der Waals surface area contributed by atoms with Crippen molar-refractivity contribution in [3.05, 3.63) is 339 Å². The molecule has 19 aromatic rings. The van der Waals surface area contributed by atoms with Crippen molar-refractivity contribution in [2.24, 2.45) is 0 Å². The second-order valence-corrected chi connectivity index (χ2v) is 26.1. The summed E-state index contributed by atoms with van der Waals surface area (Å²) in [7, 11) is 0. The predicted molar refractivity (Wildman–Crippen MR) is 405 cm³/mol. The van der Waals surface area contributed by atoms with Gasteiger partial charge in [0.1, 0.15) is 11.2 Å². The van der Waals surface area contributed by atoms with E-state index in [4.69, 9.17) is 24.4 Å². The van der Waals surface area contributed by atoms with Crippen LogP contribution in [0.1, 0.15) is 25.0 Å². The van der Waals surface area contributed by atoms with Crippen LogP contribution in [0.4, 0.5) is 0 Å². The summed E-state index contributed by atoms with van der Waals surface area (Å²) in [5, 5.41) is 9.07. The Morgan fingerprint density at radius 3 is 1.14 bits per heavy atom. The Hall–Kier alpha value is -12.8. The van der Waals surface area contributed by atoms with E-state index in [1.165, 1.54) is 82.7 Å². The molecule has 5 aromatic heterocycles. The van der Waals surface area contributed by atoms with Gasteiger partial charge in [-0.05, 0) is 140 Å². The van der Waals surface area contributed by atoms with Crippen LogP contribution in [-0.2, 0) is 5.41 Å². The topological polar surface area (TPSA) is 74.6 Å². The minimum absolute atomic E-state index is 0.0146. The van der Waals surface area contributed by atoms with Crippen LogP contribution >= 0.6 is 0 Å². The van der Waals surface area contributed by atoms with Gasteiger partial charge in [0.05, 0.1) is 44.5 Å². The van der Waals surface area contributed by atoms with Crippen LogP contribution in [0.3, 0.4) is 0 Å². The highest BCUT2D eigenvalue weighted by Gasteiger charge is 2.35. The number of aromatic nitrogens is 6. The summed E-state index contributed by atoms with van der Waals surface area (Å²) in [6, 6.07) is 116. The standard InChI is InChI=1S/C47H33N3.C44H27N3O/c1-47(2)40-17-9-6-14-35(40)38-28-33(24-26-41(38)47)30-20-22-31(23-21-30)34-25-27-44-39(29-34)36-15-8-11-19-43(36)50(44)46-48-42-18-10-7-16-37(42)45(49-46)32-12-4-3-5-13-32;1-2-10-30(11-3-1)43-35-14-4-7-15-38(35)45-44(46-43)47-39-16-8-5-12-33(39)36-26-31(22-24-40(36)47)28-18-20-29(21-19-28)32-23-25-42-37(27-32)34-13-6-9-17-41(34)48-42/h3-29H,1-2H3;1-27H. The maximum absolute atomic E-state index is 6.05. The van der Waals surface area contributed by atoms with Crippen LogP contribution in [0.25, 0.3) is 177 Å². The average Bonchev–Trinajstić information content (AvgIpc) is 1.38. The lowest BCUT2D eigenvalue weighted by Crippen LogP contribution is -2.14. The SMILES string of the molecule is CC1(C)c2ccccc2-c2cc(-c3ccc(-c4ccc5c(c4)c4ccccc4n5-c4nc(-c5ccccc5)c5ccccc5n4)cc3)ccc21.c1ccc(-c2nc(-n3c4ccccc4c4cc(-c5ccc(-c6ccc7oc8ccccc8c7c6)cc5)ccc43)nc3ccccc23)cc1. The molecule has 0 saturated heterocycles. The van der Waals surface area contributed by atoms with Crippen molar-refractivity contribution >= 4 is 87.4 Å². The first kappa shape index (κ1) is 56.7. The average molecular weight is 1250 g/mol. The number of hydrogen-bond donors (Lipinski definition) is 0. The molecule has 0 amide bonds.